The number of nitrogens with zero attached hydrogens (tertiary/aromatic N) is 1. The molecule has 23 heavy (non-hydrogen) atoms. The summed E-state index contributed by atoms with van der Waals surface area (Å²) in [5.41, 5.74) is 0. The predicted molar refractivity (Wildman–Crippen MR) is 89.8 cm³/mol. The molecule has 0 atom stereocenters. The molecule has 0 aliphatic carbocycles. The fourth-order valence-electron chi connectivity index (χ4n) is 1.94. The number of sulfonamides is 1. The van der Waals surface area contributed by atoms with Crippen LogP contribution in [0.25, 0.3) is 0 Å². The largest absolute Gasteiger partial charge is 0.495 e. The number of halogens is 1. The molecule has 0 unspecified atom stereocenters. The molecule has 0 fully saturated rings. The monoisotopic (exact) mass is 355 g/mol. The van der Waals surface area contributed by atoms with Crippen molar-refractivity contribution in [3.8, 4) is 11.5 Å². The maximum atomic E-state index is 12.6. The Labute approximate surface area is 141 Å². The molecular formula is C16H18ClNO4S. The van der Waals surface area contributed by atoms with E-state index >= 15 is 0 Å². The van der Waals surface area contributed by atoms with Crippen molar-refractivity contribution < 1.29 is 17.9 Å². The first-order valence-corrected chi connectivity index (χ1v) is 8.74. The second-order valence-corrected chi connectivity index (χ2v) is 7.23. The Bertz CT molecular complexity index is 747. The number of hydrogen-bond acceptors (Lipinski definition) is 4. The number of likely N-dealkylation sites (N-methyl/N-ethyl adjacent to an activating group) is 1. The molecule has 0 saturated heterocycles. The van der Waals surface area contributed by atoms with Gasteiger partial charge in [0.05, 0.1) is 7.11 Å². The summed E-state index contributed by atoms with van der Waals surface area (Å²) in [5.74, 6) is 0.954. The zero-order valence-corrected chi connectivity index (χ0v) is 14.5. The molecule has 0 aliphatic heterocycles. The Morgan fingerprint density at radius 1 is 1.09 bits per heavy atom. The van der Waals surface area contributed by atoms with Crippen LogP contribution in [-0.2, 0) is 10.0 Å². The summed E-state index contributed by atoms with van der Waals surface area (Å²) in [4.78, 5) is 0.136. The fraction of sp³-hybridized carbons (Fsp3) is 0.250. The zero-order valence-electron chi connectivity index (χ0n) is 12.9. The minimum atomic E-state index is -3.64. The van der Waals surface area contributed by atoms with Gasteiger partial charge in [-0.1, -0.05) is 23.7 Å². The molecule has 0 radical (unpaired) electrons. The average molecular weight is 356 g/mol. The minimum absolute atomic E-state index is 0.136. The van der Waals surface area contributed by atoms with Crippen LogP contribution in [0.3, 0.4) is 0 Å². The van der Waals surface area contributed by atoms with Gasteiger partial charge in [-0.3, -0.25) is 0 Å². The van der Waals surface area contributed by atoms with Crippen molar-refractivity contribution in [1.29, 1.82) is 0 Å². The van der Waals surface area contributed by atoms with E-state index in [-0.39, 0.29) is 18.0 Å². The zero-order chi connectivity index (χ0) is 16.9. The van der Waals surface area contributed by atoms with E-state index in [9.17, 15) is 8.42 Å². The lowest BCUT2D eigenvalue weighted by atomic mass is 10.3. The minimum Gasteiger partial charge on any atom is -0.495 e. The molecule has 0 bridgehead atoms. The van der Waals surface area contributed by atoms with E-state index in [1.165, 1.54) is 24.5 Å². The highest BCUT2D eigenvalue weighted by Gasteiger charge is 2.24. The second kappa shape index (κ2) is 7.68. The molecule has 0 saturated carbocycles. The lowest BCUT2D eigenvalue weighted by molar-refractivity contribution is 0.286. The third-order valence-electron chi connectivity index (χ3n) is 3.25. The van der Waals surface area contributed by atoms with Crippen molar-refractivity contribution in [2.75, 3.05) is 27.3 Å². The number of para-hydroxylation sites is 1. The van der Waals surface area contributed by atoms with Crippen LogP contribution < -0.4 is 9.47 Å². The van der Waals surface area contributed by atoms with Crippen LogP contribution in [0.1, 0.15) is 0 Å². The topological polar surface area (TPSA) is 55.8 Å². The van der Waals surface area contributed by atoms with E-state index in [1.54, 1.807) is 42.5 Å². The molecule has 0 aliphatic rings. The van der Waals surface area contributed by atoms with Gasteiger partial charge in [0.1, 0.15) is 23.0 Å². The smallest absolute Gasteiger partial charge is 0.246 e. The normalized spacial score (nSPS) is 11.5. The predicted octanol–water partition coefficient (Wildman–Crippen LogP) is 3.05. The van der Waals surface area contributed by atoms with Gasteiger partial charge in [-0.25, -0.2) is 8.42 Å². The van der Waals surface area contributed by atoms with Gasteiger partial charge < -0.3 is 9.47 Å². The van der Waals surface area contributed by atoms with E-state index in [0.717, 1.165) is 0 Å². The van der Waals surface area contributed by atoms with Gasteiger partial charge in [0.15, 0.2) is 0 Å². The molecule has 0 aromatic heterocycles. The van der Waals surface area contributed by atoms with Crippen LogP contribution in [0.4, 0.5) is 0 Å². The van der Waals surface area contributed by atoms with Gasteiger partial charge in [0.2, 0.25) is 10.0 Å². The van der Waals surface area contributed by atoms with Crippen LogP contribution in [0.15, 0.2) is 53.4 Å². The van der Waals surface area contributed by atoms with Crippen molar-refractivity contribution >= 4 is 21.6 Å². The highest BCUT2D eigenvalue weighted by atomic mass is 35.5. The van der Waals surface area contributed by atoms with E-state index < -0.39 is 10.0 Å². The molecule has 0 heterocycles. The third kappa shape index (κ3) is 4.37. The van der Waals surface area contributed by atoms with Gasteiger partial charge in [-0.05, 0) is 36.4 Å². The summed E-state index contributed by atoms with van der Waals surface area (Å²) in [6.45, 7) is 0.440. The molecule has 124 valence electrons. The summed E-state index contributed by atoms with van der Waals surface area (Å²) >= 11 is 5.80. The molecule has 2 aromatic rings. The van der Waals surface area contributed by atoms with Gasteiger partial charge in [-0.2, -0.15) is 4.31 Å². The molecule has 0 amide bonds. The maximum Gasteiger partial charge on any atom is 0.246 e. The van der Waals surface area contributed by atoms with E-state index in [4.69, 9.17) is 21.1 Å². The Kier molecular flexibility index (Phi) is 5.87. The van der Waals surface area contributed by atoms with Gasteiger partial charge in [0, 0.05) is 18.6 Å². The van der Waals surface area contributed by atoms with Gasteiger partial charge in [-0.15, -0.1) is 0 Å². The highest BCUT2D eigenvalue weighted by Crippen LogP contribution is 2.25. The van der Waals surface area contributed by atoms with Gasteiger partial charge >= 0.3 is 0 Å². The average Bonchev–Trinajstić information content (AvgIpc) is 2.56. The summed E-state index contributed by atoms with van der Waals surface area (Å²) in [6, 6.07) is 13.4. The van der Waals surface area contributed by atoms with Crippen molar-refractivity contribution in [3.05, 3.63) is 53.6 Å². The van der Waals surface area contributed by atoms with Crippen molar-refractivity contribution in [3.63, 3.8) is 0 Å². The summed E-state index contributed by atoms with van der Waals surface area (Å²) in [7, 11) is -0.686. The number of methoxy groups -OCH3 is 1. The van der Waals surface area contributed by atoms with E-state index in [1.807, 2.05) is 0 Å². The Balaban J connectivity index is 2.01. The van der Waals surface area contributed by atoms with Crippen molar-refractivity contribution in [2.45, 2.75) is 4.90 Å². The van der Waals surface area contributed by atoms with Crippen molar-refractivity contribution in [2.24, 2.45) is 0 Å². The molecule has 5 nitrogen and oxygen atoms in total. The van der Waals surface area contributed by atoms with Crippen molar-refractivity contribution in [1.82, 2.24) is 4.31 Å². The number of hydrogen-bond donors (Lipinski definition) is 0. The number of rotatable bonds is 7. The Morgan fingerprint density at radius 3 is 2.39 bits per heavy atom. The number of ether oxygens (including phenoxy) is 2. The highest BCUT2D eigenvalue weighted by molar-refractivity contribution is 7.89. The van der Waals surface area contributed by atoms with E-state index in [0.29, 0.717) is 16.5 Å². The second-order valence-electron chi connectivity index (χ2n) is 4.78. The molecule has 2 aromatic carbocycles. The fourth-order valence-corrected chi connectivity index (χ4v) is 3.38. The lowest BCUT2D eigenvalue weighted by Gasteiger charge is -2.19. The molecule has 0 spiro atoms. The Morgan fingerprint density at radius 2 is 1.74 bits per heavy atom. The first-order valence-electron chi connectivity index (χ1n) is 6.93. The van der Waals surface area contributed by atoms with Crippen LogP contribution >= 0.6 is 11.6 Å². The van der Waals surface area contributed by atoms with Gasteiger partial charge in [0.25, 0.3) is 0 Å². The first-order chi connectivity index (χ1) is 10.9. The van der Waals surface area contributed by atoms with Crippen LogP contribution in [0.5, 0.6) is 11.5 Å². The first kappa shape index (κ1) is 17.6. The van der Waals surface area contributed by atoms with E-state index in [2.05, 4.69) is 0 Å². The van der Waals surface area contributed by atoms with Crippen LogP contribution in [0.2, 0.25) is 5.02 Å². The molecule has 2 rings (SSSR count). The summed E-state index contributed by atoms with van der Waals surface area (Å²) in [6.07, 6.45) is 0. The third-order valence-corrected chi connectivity index (χ3v) is 5.39. The summed E-state index contributed by atoms with van der Waals surface area (Å²) < 4.78 is 37.0. The van der Waals surface area contributed by atoms with Crippen LogP contribution in [0, 0.1) is 0 Å². The SMILES string of the molecule is COc1ccccc1S(=O)(=O)N(C)CCOc1ccc(Cl)cc1. The number of benzene rings is 2. The summed E-state index contributed by atoms with van der Waals surface area (Å²) in [5, 5.41) is 0.619. The lowest BCUT2D eigenvalue weighted by Crippen LogP contribution is -2.31. The van der Waals surface area contributed by atoms with Crippen LogP contribution in [-0.4, -0.2) is 40.0 Å². The molecule has 7 heteroatoms. The quantitative estimate of drug-likeness (QED) is 0.766. The standard InChI is InChI=1S/C16H18ClNO4S/c1-18(11-12-22-14-9-7-13(17)8-10-14)23(19,20)16-6-4-3-5-15(16)21-2/h3-10H,11-12H2,1-2H3. The Hall–Kier alpha value is -1.76. The molecular weight excluding hydrogens is 338 g/mol. The maximum absolute atomic E-state index is 12.6. The molecule has 0 N–H and O–H groups in total.